The number of nitrogens with zero attached hydrogens (tertiary/aromatic N) is 3. The van der Waals surface area contributed by atoms with E-state index in [0.717, 1.165) is 12.1 Å². The van der Waals surface area contributed by atoms with Gasteiger partial charge >= 0.3 is 0 Å². The molecule has 4 nitrogen and oxygen atoms in total. The Morgan fingerprint density at radius 1 is 0.850 bits per heavy atom. The van der Waals surface area contributed by atoms with E-state index in [-0.39, 0.29) is 0 Å². The van der Waals surface area contributed by atoms with E-state index in [1.807, 2.05) is 0 Å². The quantitative estimate of drug-likeness (QED) is 0.792. The molecule has 4 rings (SSSR count). The molecule has 4 aliphatic heterocycles. The first kappa shape index (κ1) is 13.5. The van der Waals surface area contributed by atoms with Crippen molar-refractivity contribution >= 4 is 0 Å². The van der Waals surface area contributed by atoms with Crippen molar-refractivity contribution in [2.75, 3.05) is 59.4 Å². The van der Waals surface area contributed by atoms with Crippen LogP contribution in [0.5, 0.6) is 0 Å². The summed E-state index contributed by atoms with van der Waals surface area (Å²) >= 11 is 0. The normalized spacial score (nSPS) is 34.0. The molecule has 1 N–H and O–H groups in total. The molecule has 4 aliphatic rings. The summed E-state index contributed by atoms with van der Waals surface area (Å²) in [6.07, 6.45) is 5.71. The summed E-state index contributed by atoms with van der Waals surface area (Å²) in [6.45, 7) is 10.6. The lowest BCUT2D eigenvalue weighted by Gasteiger charge is -2.54. The fourth-order valence-corrected chi connectivity index (χ4v) is 4.93. The Hall–Kier alpha value is -0.160. The van der Waals surface area contributed by atoms with Crippen molar-refractivity contribution in [1.29, 1.82) is 0 Å². The molecule has 0 atom stereocenters. The van der Waals surface area contributed by atoms with Gasteiger partial charge < -0.3 is 15.1 Å². The molecule has 4 heterocycles. The molecule has 0 bridgehead atoms. The van der Waals surface area contributed by atoms with Crippen LogP contribution in [0.1, 0.15) is 25.7 Å². The highest BCUT2D eigenvalue weighted by molar-refractivity contribution is 4.98. The van der Waals surface area contributed by atoms with Gasteiger partial charge in [-0.2, -0.15) is 0 Å². The number of hydrogen-bond donors (Lipinski definition) is 1. The number of likely N-dealkylation sites (tertiary alicyclic amines) is 3. The van der Waals surface area contributed by atoms with Gasteiger partial charge in [0.15, 0.2) is 0 Å². The summed E-state index contributed by atoms with van der Waals surface area (Å²) in [5.41, 5.74) is 0.712. The van der Waals surface area contributed by atoms with E-state index in [0.29, 0.717) is 5.41 Å². The van der Waals surface area contributed by atoms with Crippen molar-refractivity contribution in [3.8, 4) is 0 Å². The van der Waals surface area contributed by atoms with Gasteiger partial charge in [0.2, 0.25) is 0 Å². The second-order valence-corrected chi connectivity index (χ2v) is 7.79. The smallest absolute Gasteiger partial charge is 0.0345 e. The monoisotopic (exact) mass is 278 g/mol. The number of nitrogens with one attached hydrogen (secondary N) is 1. The zero-order chi connectivity index (χ0) is 13.6. The van der Waals surface area contributed by atoms with Crippen LogP contribution >= 0.6 is 0 Å². The molecule has 0 aromatic carbocycles. The van der Waals surface area contributed by atoms with Gasteiger partial charge in [-0.05, 0) is 51.2 Å². The maximum absolute atomic E-state index is 3.40. The minimum atomic E-state index is 0.712. The van der Waals surface area contributed by atoms with Crippen LogP contribution < -0.4 is 5.32 Å². The largest absolute Gasteiger partial charge is 0.314 e. The first-order valence-corrected chi connectivity index (χ1v) is 8.62. The number of hydrogen-bond acceptors (Lipinski definition) is 4. The highest BCUT2D eigenvalue weighted by atomic mass is 15.3. The summed E-state index contributed by atoms with van der Waals surface area (Å²) in [5.74, 6) is 0. The van der Waals surface area contributed by atoms with Gasteiger partial charge in [0, 0.05) is 51.4 Å². The molecular weight excluding hydrogens is 248 g/mol. The van der Waals surface area contributed by atoms with Crippen LogP contribution in [0.3, 0.4) is 0 Å². The van der Waals surface area contributed by atoms with Crippen molar-refractivity contribution in [3.63, 3.8) is 0 Å². The zero-order valence-electron chi connectivity index (χ0n) is 13.0. The number of rotatable bonds is 2. The molecule has 0 saturated carbocycles. The first-order chi connectivity index (χ1) is 9.74. The van der Waals surface area contributed by atoms with Gasteiger partial charge in [-0.25, -0.2) is 0 Å². The molecule has 4 saturated heterocycles. The Bertz CT molecular complexity index is 330. The van der Waals surface area contributed by atoms with E-state index < -0.39 is 0 Å². The maximum Gasteiger partial charge on any atom is 0.0345 e. The van der Waals surface area contributed by atoms with Crippen LogP contribution in [0, 0.1) is 5.41 Å². The van der Waals surface area contributed by atoms with Crippen molar-refractivity contribution in [3.05, 3.63) is 0 Å². The van der Waals surface area contributed by atoms with Crippen molar-refractivity contribution in [2.24, 2.45) is 5.41 Å². The number of piperidine rings is 2. The van der Waals surface area contributed by atoms with E-state index >= 15 is 0 Å². The molecule has 1 spiro atoms. The molecule has 0 radical (unpaired) electrons. The Morgan fingerprint density at radius 2 is 1.45 bits per heavy atom. The fourth-order valence-electron chi connectivity index (χ4n) is 4.93. The van der Waals surface area contributed by atoms with Crippen molar-refractivity contribution in [1.82, 2.24) is 20.0 Å². The average Bonchev–Trinajstić information content (AvgIpc) is 2.37. The molecule has 0 aromatic heterocycles. The molecule has 0 amide bonds. The molecular formula is C16H30N4. The summed E-state index contributed by atoms with van der Waals surface area (Å²) < 4.78 is 0. The molecule has 114 valence electrons. The van der Waals surface area contributed by atoms with Gasteiger partial charge in [-0.1, -0.05) is 0 Å². The van der Waals surface area contributed by atoms with Crippen LogP contribution in [0.2, 0.25) is 0 Å². The molecule has 4 heteroatoms. The Balaban J connectivity index is 1.24. The minimum Gasteiger partial charge on any atom is -0.314 e. The van der Waals surface area contributed by atoms with Gasteiger partial charge in [-0.3, -0.25) is 4.90 Å². The van der Waals surface area contributed by atoms with E-state index in [4.69, 9.17) is 0 Å². The van der Waals surface area contributed by atoms with Crippen molar-refractivity contribution in [2.45, 2.75) is 37.8 Å². The molecule has 0 unspecified atom stereocenters. The second kappa shape index (κ2) is 5.24. The molecule has 0 aromatic rings. The Morgan fingerprint density at radius 3 is 1.95 bits per heavy atom. The van der Waals surface area contributed by atoms with Gasteiger partial charge in [0.25, 0.3) is 0 Å². The van der Waals surface area contributed by atoms with Gasteiger partial charge in [0.05, 0.1) is 0 Å². The lowest BCUT2D eigenvalue weighted by Crippen LogP contribution is -2.62. The van der Waals surface area contributed by atoms with Crippen LogP contribution in [0.4, 0.5) is 0 Å². The average molecular weight is 278 g/mol. The summed E-state index contributed by atoms with van der Waals surface area (Å²) in [4.78, 5) is 8.03. The standard InChI is InChI=1S/C16H30N4/c1-18-12-16(13-18)4-8-20(9-5-16)14-2-6-19(7-3-14)15-10-17-11-15/h14-15,17H,2-13H2,1H3. The third-order valence-corrected chi connectivity index (χ3v) is 6.36. The van der Waals surface area contributed by atoms with Crippen LogP contribution in [0.15, 0.2) is 0 Å². The SMILES string of the molecule is CN1CC2(CCN(C3CCN(C4CNC4)CC3)CC2)C1. The van der Waals surface area contributed by atoms with Crippen LogP contribution in [-0.2, 0) is 0 Å². The zero-order valence-corrected chi connectivity index (χ0v) is 13.0. The summed E-state index contributed by atoms with van der Waals surface area (Å²) in [5, 5.41) is 3.40. The third-order valence-electron chi connectivity index (χ3n) is 6.36. The Kier molecular flexibility index (Phi) is 3.53. The molecule has 20 heavy (non-hydrogen) atoms. The summed E-state index contributed by atoms with van der Waals surface area (Å²) in [6, 6.07) is 1.74. The minimum absolute atomic E-state index is 0.712. The highest BCUT2D eigenvalue weighted by Crippen LogP contribution is 2.40. The van der Waals surface area contributed by atoms with E-state index in [1.165, 1.54) is 78.0 Å². The second-order valence-electron chi connectivity index (χ2n) is 7.79. The van der Waals surface area contributed by atoms with Crippen LogP contribution in [-0.4, -0.2) is 86.2 Å². The van der Waals surface area contributed by atoms with Gasteiger partial charge in [-0.15, -0.1) is 0 Å². The lowest BCUT2D eigenvalue weighted by molar-refractivity contribution is -0.0476. The lowest BCUT2D eigenvalue weighted by atomic mass is 9.72. The maximum atomic E-state index is 3.40. The predicted octanol–water partition coefficient (Wildman–Crippen LogP) is 0.450. The topological polar surface area (TPSA) is 21.8 Å². The van der Waals surface area contributed by atoms with Crippen LogP contribution in [0.25, 0.3) is 0 Å². The first-order valence-electron chi connectivity index (χ1n) is 8.62. The van der Waals surface area contributed by atoms with Crippen molar-refractivity contribution < 1.29 is 0 Å². The Labute approximate surface area is 123 Å². The highest BCUT2D eigenvalue weighted by Gasteiger charge is 2.44. The molecule has 0 aliphatic carbocycles. The molecule has 4 fully saturated rings. The summed E-state index contributed by atoms with van der Waals surface area (Å²) in [7, 11) is 2.27. The van der Waals surface area contributed by atoms with E-state index in [9.17, 15) is 0 Å². The van der Waals surface area contributed by atoms with E-state index in [2.05, 4.69) is 27.1 Å². The van der Waals surface area contributed by atoms with E-state index in [1.54, 1.807) is 0 Å². The predicted molar refractivity (Wildman–Crippen MR) is 82.0 cm³/mol. The van der Waals surface area contributed by atoms with Gasteiger partial charge in [0.1, 0.15) is 0 Å². The fraction of sp³-hybridized carbons (Fsp3) is 1.00. The third kappa shape index (κ3) is 2.41.